The molecule has 0 bridgehead atoms. The van der Waals surface area contributed by atoms with Gasteiger partial charge >= 0.3 is 6.01 Å². The number of nitrogens with one attached hydrogen (secondary N) is 2. The zero-order valence-electron chi connectivity index (χ0n) is 15.3. The Morgan fingerprint density at radius 2 is 1.89 bits per heavy atom. The minimum absolute atomic E-state index is 0.0755. The van der Waals surface area contributed by atoms with Crippen molar-refractivity contribution in [2.45, 2.75) is 44.9 Å². The first-order valence-electron chi connectivity index (χ1n) is 9.03. The quantitative estimate of drug-likeness (QED) is 0.651. The Morgan fingerprint density at radius 3 is 2.52 bits per heavy atom. The largest absolute Gasteiger partial charge is 0.507 e. The van der Waals surface area contributed by atoms with Crippen LogP contribution in [0.2, 0.25) is 0 Å². The number of phenolic OH excluding ortho intramolecular Hbond substituents is 1. The minimum Gasteiger partial charge on any atom is -0.507 e. The Kier molecular flexibility index (Phi) is 4.72. The van der Waals surface area contributed by atoms with Gasteiger partial charge in [-0.1, -0.05) is 11.2 Å². The third-order valence-electron chi connectivity index (χ3n) is 4.72. The summed E-state index contributed by atoms with van der Waals surface area (Å²) in [5.41, 5.74) is 2.82. The Balaban J connectivity index is 1.49. The Labute approximate surface area is 157 Å². The molecule has 27 heavy (non-hydrogen) atoms. The zero-order chi connectivity index (χ0) is 18.8. The van der Waals surface area contributed by atoms with Gasteiger partial charge in [-0.2, -0.15) is 5.10 Å². The second-order valence-corrected chi connectivity index (χ2v) is 7.02. The maximum absolute atomic E-state index is 10.4. The summed E-state index contributed by atoms with van der Waals surface area (Å²) in [6.07, 6.45) is 6.93. The van der Waals surface area contributed by atoms with Gasteiger partial charge in [0, 0.05) is 29.4 Å². The molecule has 4 rings (SSSR count). The average molecular weight is 366 g/mol. The van der Waals surface area contributed by atoms with Crippen LogP contribution >= 0.6 is 0 Å². The van der Waals surface area contributed by atoms with Crippen molar-refractivity contribution >= 4 is 0 Å². The van der Waals surface area contributed by atoms with Crippen molar-refractivity contribution in [1.29, 1.82) is 0 Å². The van der Waals surface area contributed by atoms with Crippen LogP contribution in [0, 0.1) is 0 Å². The topological polar surface area (TPSA) is 109 Å². The van der Waals surface area contributed by atoms with Gasteiger partial charge in [0.2, 0.25) is 0 Å². The van der Waals surface area contributed by atoms with E-state index in [9.17, 15) is 5.11 Å². The van der Waals surface area contributed by atoms with Crippen LogP contribution in [0.1, 0.15) is 26.7 Å². The van der Waals surface area contributed by atoms with Crippen molar-refractivity contribution in [3.8, 4) is 34.1 Å². The Bertz CT molecular complexity index is 887. The molecule has 0 amide bonds. The summed E-state index contributed by atoms with van der Waals surface area (Å²) >= 11 is 0. The van der Waals surface area contributed by atoms with E-state index in [1.54, 1.807) is 30.7 Å². The van der Waals surface area contributed by atoms with Crippen LogP contribution in [0.15, 0.2) is 36.8 Å². The number of aromatic nitrogens is 5. The molecule has 2 unspecified atom stereocenters. The summed E-state index contributed by atoms with van der Waals surface area (Å²) < 4.78 is 5.89. The van der Waals surface area contributed by atoms with Gasteiger partial charge in [-0.05, 0) is 44.4 Å². The highest BCUT2D eigenvalue weighted by Gasteiger charge is 2.25. The third-order valence-corrected chi connectivity index (χ3v) is 4.72. The number of aromatic hydroxyl groups is 1. The standard InChI is InChI=1S/C19H22N6O2/c1-11-5-15(6-12(2)23-11)27-19-20-10-17(24-25-19)16-4-3-13(7-18(16)26)14-8-21-22-9-14/h3-4,7-12,15,23,26H,5-6H2,1-2H3,(H,21,22). The highest BCUT2D eigenvalue weighted by molar-refractivity contribution is 5.73. The van der Waals surface area contributed by atoms with E-state index < -0.39 is 0 Å². The predicted octanol–water partition coefficient (Wildman–Crippen LogP) is 2.54. The van der Waals surface area contributed by atoms with E-state index in [1.807, 2.05) is 6.07 Å². The fourth-order valence-electron chi connectivity index (χ4n) is 3.53. The van der Waals surface area contributed by atoms with Gasteiger partial charge in [-0.3, -0.25) is 5.10 Å². The molecule has 1 fully saturated rings. The number of piperidine rings is 1. The molecule has 0 aliphatic carbocycles. The van der Waals surface area contributed by atoms with Crippen molar-refractivity contribution in [1.82, 2.24) is 30.7 Å². The van der Waals surface area contributed by atoms with E-state index in [4.69, 9.17) is 4.74 Å². The van der Waals surface area contributed by atoms with Crippen molar-refractivity contribution in [2.75, 3.05) is 0 Å². The van der Waals surface area contributed by atoms with Crippen LogP contribution in [0.4, 0.5) is 0 Å². The first kappa shape index (κ1) is 17.4. The summed E-state index contributed by atoms with van der Waals surface area (Å²) in [5.74, 6) is 0.111. The molecule has 1 aliphatic rings. The molecule has 1 aliphatic heterocycles. The number of nitrogens with zero attached hydrogens (tertiary/aromatic N) is 4. The molecular formula is C19H22N6O2. The van der Waals surface area contributed by atoms with Crippen LogP contribution in [-0.4, -0.2) is 48.7 Å². The summed E-state index contributed by atoms with van der Waals surface area (Å²) in [6, 6.07) is 6.42. The van der Waals surface area contributed by atoms with Crippen molar-refractivity contribution in [3.05, 3.63) is 36.8 Å². The van der Waals surface area contributed by atoms with E-state index in [0.717, 1.165) is 24.0 Å². The first-order chi connectivity index (χ1) is 13.1. The second-order valence-electron chi connectivity index (χ2n) is 7.02. The highest BCUT2D eigenvalue weighted by Crippen LogP contribution is 2.32. The van der Waals surface area contributed by atoms with Gasteiger partial charge in [0.25, 0.3) is 0 Å². The number of benzene rings is 1. The van der Waals surface area contributed by atoms with Gasteiger partial charge in [-0.15, -0.1) is 5.10 Å². The van der Waals surface area contributed by atoms with E-state index in [1.165, 1.54) is 0 Å². The summed E-state index contributed by atoms with van der Waals surface area (Å²) in [4.78, 5) is 4.27. The summed E-state index contributed by atoms with van der Waals surface area (Å²) in [5, 5.41) is 28.8. The molecule has 8 heteroatoms. The Hall–Kier alpha value is -3.00. The summed E-state index contributed by atoms with van der Waals surface area (Å²) in [6.45, 7) is 4.29. The molecule has 140 valence electrons. The molecule has 2 aromatic heterocycles. The van der Waals surface area contributed by atoms with E-state index >= 15 is 0 Å². The van der Waals surface area contributed by atoms with Crippen molar-refractivity contribution in [2.24, 2.45) is 0 Å². The smallest absolute Gasteiger partial charge is 0.335 e. The lowest BCUT2D eigenvalue weighted by molar-refractivity contribution is 0.112. The predicted molar refractivity (Wildman–Crippen MR) is 100 cm³/mol. The molecule has 3 N–H and O–H groups in total. The van der Waals surface area contributed by atoms with Crippen LogP contribution in [0.3, 0.4) is 0 Å². The van der Waals surface area contributed by atoms with Crippen LogP contribution in [-0.2, 0) is 0 Å². The third kappa shape index (κ3) is 3.90. The number of H-pyrrole nitrogens is 1. The normalized spacial score (nSPS) is 22.5. The Morgan fingerprint density at radius 1 is 1.07 bits per heavy atom. The van der Waals surface area contributed by atoms with Gasteiger partial charge in [0.1, 0.15) is 17.5 Å². The maximum Gasteiger partial charge on any atom is 0.335 e. The lowest BCUT2D eigenvalue weighted by atomic mass is 9.98. The van der Waals surface area contributed by atoms with Crippen LogP contribution < -0.4 is 10.1 Å². The summed E-state index contributed by atoms with van der Waals surface area (Å²) in [7, 11) is 0. The number of rotatable bonds is 4. The molecule has 0 radical (unpaired) electrons. The molecule has 8 nitrogen and oxygen atoms in total. The van der Waals surface area contributed by atoms with Gasteiger partial charge < -0.3 is 15.2 Å². The molecule has 1 saturated heterocycles. The average Bonchev–Trinajstić information content (AvgIpc) is 3.16. The lowest BCUT2D eigenvalue weighted by Gasteiger charge is -2.32. The van der Waals surface area contributed by atoms with E-state index in [-0.39, 0.29) is 17.9 Å². The number of aromatic amines is 1. The van der Waals surface area contributed by atoms with Gasteiger partial charge in [0.15, 0.2) is 0 Å². The van der Waals surface area contributed by atoms with Crippen LogP contribution in [0.5, 0.6) is 11.8 Å². The lowest BCUT2D eigenvalue weighted by Crippen LogP contribution is -2.46. The van der Waals surface area contributed by atoms with Crippen molar-refractivity contribution < 1.29 is 9.84 Å². The highest BCUT2D eigenvalue weighted by atomic mass is 16.5. The molecule has 3 heterocycles. The number of hydrogen-bond acceptors (Lipinski definition) is 7. The second kappa shape index (κ2) is 7.32. The minimum atomic E-state index is 0.0755. The van der Waals surface area contributed by atoms with Crippen molar-refractivity contribution in [3.63, 3.8) is 0 Å². The number of ether oxygens (including phenoxy) is 1. The molecular weight excluding hydrogens is 344 g/mol. The van der Waals surface area contributed by atoms with Gasteiger partial charge in [0.05, 0.1) is 12.4 Å². The fourth-order valence-corrected chi connectivity index (χ4v) is 3.53. The SMILES string of the molecule is CC1CC(Oc2ncc(-c3ccc(-c4cn[nH]c4)cc3O)nn2)CC(C)N1. The number of hydrogen-bond donors (Lipinski definition) is 3. The molecule has 1 aromatic carbocycles. The first-order valence-corrected chi connectivity index (χ1v) is 9.03. The van der Waals surface area contributed by atoms with E-state index in [2.05, 4.69) is 44.5 Å². The van der Waals surface area contributed by atoms with E-state index in [0.29, 0.717) is 23.3 Å². The maximum atomic E-state index is 10.4. The number of phenols is 1. The zero-order valence-corrected chi connectivity index (χ0v) is 15.3. The molecule has 3 aromatic rings. The monoisotopic (exact) mass is 366 g/mol. The molecule has 0 spiro atoms. The molecule has 0 saturated carbocycles. The van der Waals surface area contributed by atoms with Crippen LogP contribution in [0.25, 0.3) is 22.4 Å². The van der Waals surface area contributed by atoms with Gasteiger partial charge in [-0.25, -0.2) is 4.98 Å². The fraction of sp³-hybridized carbons (Fsp3) is 0.368. The molecule has 2 atom stereocenters.